The summed E-state index contributed by atoms with van der Waals surface area (Å²) in [4.78, 5) is 22.9. The molecule has 1 aromatic carbocycles. The van der Waals surface area contributed by atoms with Crippen molar-refractivity contribution in [3.63, 3.8) is 0 Å². The predicted octanol–water partition coefficient (Wildman–Crippen LogP) is 4.54. The van der Waals surface area contributed by atoms with Gasteiger partial charge in [-0.15, -0.1) is 0 Å². The van der Waals surface area contributed by atoms with Gasteiger partial charge < -0.3 is 15.4 Å². The molecule has 1 aliphatic heterocycles. The third kappa shape index (κ3) is 6.21. The van der Waals surface area contributed by atoms with Crippen LogP contribution in [0, 0.1) is 5.82 Å². The Hall–Kier alpha value is -3.34. The number of benzene rings is 1. The molecule has 4 rings (SSSR count). The maximum atomic E-state index is 13.8. The van der Waals surface area contributed by atoms with E-state index in [0.717, 1.165) is 6.07 Å². The molecule has 3 aromatic rings. The zero-order valence-corrected chi connectivity index (χ0v) is 19.2. The fourth-order valence-corrected chi connectivity index (χ4v) is 3.93. The van der Waals surface area contributed by atoms with Crippen molar-refractivity contribution in [2.45, 2.75) is 38.0 Å². The number of aromatic nitrogens is 3. The van der Waals surface area contributed by atoms with Crippen LogP contribution in [0.5, 0.6) is 5.75 Å². The quantitative estimate of drug-likeness (QED) is 0.386. The van der Waals surface area contributed by atoms with Crippen molar-refractivity contribution in [1.29, 1.82) is 0 Å². The number of halogens is 5. The minimum atomic E-state index is -4.22. The van der Waals surface area contributed by atoms with E-state index >= 15 is 0 Å². The second-order valence-corrected chi connectivity index (χ2v) is 8.62. The van der Waals surface area contributed by atoms with Crippen LogP contribution in [0.15, 0.2) is 47.7 Å². The molecule has 35 heavy (non-hydrogen) atoms. The molecule has 0 atom stereocenters. The maximum Gasteiger partial charge on any atom is 0.389 e. The number of nitrogens with two attached hydrogens (primary N) is 1. The zero-order valence-electron chi connectivity index (χ0n) is 18.4. The highest BCUT2D eigenvalue weighted by molar-refractivity contribution is 6.31. The predicted molar refractivity (Wildman–Crippen MR) is 124 cm³/mol. The highest BCUT2D eigenvalue weighted by atomic mass is 35.5. The molecule has 0 amide bonds. The number of nitrogens with zero attached hydrogens (tertiary/aromatic N) is 4. The minimum Gasteiger partial charge on any atom is -0.488 e. The molecule has 1 aliphatic rings. The average molecular weight is 512 g/mol. The molecule has 1 fully saturated rings. The molecule has 12 heteroatoms. The van der Waals surface area contributed by atoms with Gasteiger partial charge in [-0.25, -0.2) is 14.4 Å². The first-order chi connectivity index (χ1) is 16.6. The summed E-state index contributed by atoms with van der Waals surface area (Å²) in [7, 11) is 0. The molecule has 0 radical (unpaired) electrons. The van der Waals surface area contributed by atoms with Gasteiger partial charge in [-0.2, -0.15) is 13.2 Å². The van der Waals surface area contributed by atoms with Gasteiger partial charge in [0.25, 0.3) is 5.56 Å². The summed E-state index contributed by atoms with van der Waals surface area (Å²) in [5.74, 6) is 0.0284. The molecule has 0 spiro atoms. The number of hydrogen-bond acceptors (Lipinski definition) is 6. The topological polar surface area (TPSA) is 86.3 Å². The lowest BCUT2D eigenvalue weighted by molar-refractivity contribution is -0.134. The third-order valence-corrected chi connectivity index (χ3v) is 5.92. The number of nitrogen functional groups attached to an aromatic ring is 1. The van der Waals surface area contributed by atoms with Crippen molar-refractivity contribution in [1.82, 2.24) is 14.5 Å². The molecular weight excluding hydrogens is 490 g/mol. The summed E-state index contributed by atoms with van der Waals surface area (Å²) in [5.41, 5.74) is 5.73. The van der Waals surface area contributed by atoms with Crippen LogP contribution in [0.1, 0.15) is 24.8 Å². The van der Waals surface area contributed by atoms with Gasteiger partial charge >= 0.3 is 6.18 Å². The van der Waals surface area contributed by atoms with E-state index in [1.807, 2.05) is 4.90 Å². The number of aryl methyl sites for hydroxylation is 1. The molecule has 0 saturated carbocycles. The lowest BCUT2D eigenvalue weighted by atomic mass is 10.1. The van der Waals surface area contributed by atoms with Crippen LogP contribution in [-0.2, 0) is 6.42 Å². The summed E-state index contributed by atoms with van der Waals surface area (Å²) in [6, 6.07) is 5.28. The average Bonchev–Trinajstić information content (AvgIpc) is 2.82. The van der Waals surface area contributed by atoms with Gasteiger partial charge in [-0.3, -0.25) is 9.36 Å². The number of alkyl halides is 3. The maximum absolute atomic E-state index is 13.8. The van der Waals surface area contributed by atoms with E-state index < -0.39 is 24.0 Å². The van der Waals surface area contributed by atoms with E-state index in [4.69, 9.17) is 22.1 Å². The summed E-state index contributed by atoms with van der Waals surface area (Å²) in [5, 5.41) is 0.196. The Labute approximate surface area is 203 Å². The number of piperidine rings is 1. The van der Waals surface area contributed by atoms with Crippen molar-refractivity contribution in [3.05, 3.63) is 69.6 Å². The first-order valence-electron chi connectivity index (χ1n) is 10.9. The summed E-state index contributed by atoms with van der Waals surface area (Å²) in [6.07, 6.45) is -0.106. The first-order valence-corrected chi connectivity index (χ1v) is 11.2. The van der Waals surface area contributed by atoms with Crippen LogP contribution < -0.4 is 20.9 Å². The smallest absolute Gasteiger partial charge is 0.389 e. The molecule has 1 saturated heterocycles. The van der Waals surface area contributed by atoms with Crippen LogP contribution in [0.4, 0.5) is 29.2 Å². The Morgan fingerprint density at radius 2 is 1.83 bits per heavy atom. The van der Waals surface area contributed by atoms with Gasteiger partial charge in [0.15, 0.2) is 0 Å². The zero-order chi connectivity index (χ0) is 25.2. The minimum absolute atomic E-state index is 0.0259. The second-order valence-electron chi connectivity index (χ2n) is 8.21. The summed E-state index contributed by atoms with van der Waals surface area (Å²) < 4.78 is 58.1. The van der Waals surface area contributed by atoms with Crippen LogP contribution in [0.25, 0.3) is 5.69 Å². The number of hydrogen-bond donors (Lipinski definition) is 1. The molecule has 2 N–H and O–H groups in total. The van der Waals surface area contributed by atoms with E-state index in [-0.39, 0.29) is 34.7 Å². The summed E-state index contributed by atoms with van der Waals surface area (Å²) in [6.45, 7) is 1.12. The van der Waals surface area contributed by atoms with Crippen molar-refractivity contribution in [3.8, 4) is 11.4 Å². The molecule has 2 aromatic heterocycles. The van der Waals surface area contributed by atoms with Crippen LogP contribution in [0.3, 0.4) is 0 Å². The number of rotatable bonds is 6. The largest absolute Gasteiger partial charge is 0.488 e. The highest BCUT2D eigenvalue weighted by Crippen LogP contribution is 2.28. The van der Waals surface area contributed by atoms with E-state index in [1.165, 1.54) is 41.4 Å². The SMILES string of the molecule is Nc1ccc(-n2cc(Cl)c(OC3CCN(c4ncc(CCC(F)(F)F)cn4)CC3)cc2=O)cc1F. The van der Waals surface area contributed by atoms with Gasteiger partial charge in [0.1, 0.15) is 17.7 Å². The normalized spacial score (nSPS) is 14.8. The molecular formula is C23H22ClF4N5O2. The van der Waals surface area contributed by atoms with Crippen molar-refractivity contribution < 1.29 is 22.3 Å². The molecule has 0 unspecified atom stereocenters. The fraction of sp³-hybridized carbons (Fsp3) is 0.348. The second kappa shape index (κ2) is 10.1. The van der Waals surface area contributed by atoms with Crippen molar-refractivity contribution in [2.24, 2.45) is 0 Å². The molecule has 7 nitrogen and oxygen atoms in total. The van der Waals surface area contributed by atoms with Crippen LogP contribution >= 0.6 is 11.6 Å². The van der Waals surface area contributed by atoms with Crippen LogP contribution in [0.2, 0.25) is 5.02 Å². The van der Waals surface area contributed by atoms with Gasteiger partial charge in [0, 0.05) is 63.1 Å². The Kier molecular flexibility index (Phi) is 7.15. The molecule has 3 heterocycles. The Morgan fingerprint density at radius 1 is 1.14 bits per heavy atom. The van der Waals surface area contributed by atoms with E-state index in [0.29, 0.717) is 37.4 Å². The monoisotopic (exact) mass is 511 g/mol. The van der Waals surface area contributed by atoms with Crippen molar-refractivity contribution in [2.75, 3.05) is 23.7 Å². The fourth-order valence-electron chi connectivity index (χ4n) is 3.73. The Morgan fingerprint density at radius 3 is 2.46 bits per heavy atom. The highest BCUT2D eigenvalue weighted by Gasteiger charge is 2.27. The van der Waals surface area contributed by atoms with E-state index in [2.05, 4.69) is 9.97 Å². The Balaban J connectivity index is 1.36. The van der Waals surface area contributed by atoms with Gasteiger partial charge in [-0.05, 0) is 24.1 Å². The lowest BCUT2D eigenvalue weighted by Gasteiger charge is -2.32. The Bertz CT molecular complexity index is 1240. The molecule has 0 aliphatic carbocycles. The third-order valence-electron chi connectivity index (χ3n) is 5.64. The lowest BCUT2D eigenvalue weighted by Crippen LogP contribution is -2.39. The molecule has 0 bridgehead atoms. The van der Waals surface area contributed by atoms with E-state index in [9.17, 15) is 22.4 Å². The van der Waals surface area contributed by atoms with E-state index in [1.54, 1.807) is 0 Å². The van der Waals surface area contributed by atoms with Gasteiger partial charge in [-0.1, -0.05) is 11.6 Å². The van der Waals surface area contributed by atoms with Crippen LogP contribution in [-0.4, -0.2) is 39.9 Å². The summed E-state index contributed by atoms with van der Waals surface area (Å²) >= 11 is 6.33. The number of anilines is 2. The van der Waals surface area contributed by atoms with Gasteiger partial charge in [0.05, 0.1) is 16.4 Å². The first kappa shape index (κ1) is 24.8. The van der Waals surface area contributed by atoms with Crippen molar-refractivity contribution >= 4 is 23.2 Å². The van der Waals surface area contributed by atoms with Gasteiger partial charge in [0.2, 0.25) is 5.95 Å². The molecule has 186 valence electrons. The standard InChI is InChI=1S/C23H22ClF4N5O2/c24-17-13-33(15-1-2-19(29)18(25)9-15)21(34)10-20(17)35-16-4-7-32(8-5-16)22-30-11-14(12-31-22)3-6-23(26,27)28/h1-2,9-13,16H,3-8,29H2. The number of ether oxygens (including phenoxy) is 1. The number of pyridine rings is 1.